The third-order valence-corrected chi connectivity index (χ3v) is 3.08. The summed E-state index contributed by atoms with van der Waals surface area (Å²) >= 11 is 0. The summed E-state index contributed by atoms with van der Waals surface area (Å²) in [4.78, 5) is 23.1. The zero-order chi connectivity index (χ0) is 13.8. The molecule has 2 N–H and O–H groups in total. The number of halogens is 2. The monoisotopic (exact) mass is 268 g/mol. The predicted octanol–water partition coefficient (Wildman–Crippen LogP) is 1.96. The number of rotatable bonds is 2. The van der Waals surface area contributed by atoms with Gasteiger partial charge in [-0.15, -0.1) is 0 Å². The molecule has 1 aromatic rings. The van der Waals surface area contributed by atoms with Gasteiger partial charge in [-0.3, -0.25) is 9.59 Å². The van der Waals surface area contributed by atoms with Crippen LogP contribution in [0.1, 0.15) is 25.7 Å². The second kappa shape index (κ2) is 5.77. The van der Waals surface area contributed by atoms with E-state index in [4.69, 9.17) is 0 Å². The first kappa shape index (κ1) is 13.5. The van der Waals surface area contributed by atoms with E-state index in [2.05, 4.69) is 10.6 Å². The summed E-state index contributed by atoms with van der Waals surface area (Å²) in [6.07, 6.45) is 3.76. The Morgan fingerprint density at radius 1 is 1.11 bits per heavy atom. The van der Waals surface area contributed by atoms with Crippen LogP contribution in [0.2, 0.25) is 0 Å². The third kappa shape index (κ3) is 3.49. The average molecular weight is 268 g/mol. The van der Waals surface area contributed by atoms with Crippen molar-refractivity contribution in [2.45, 2.75) is 31.7 Å². The molecule has 1 saturated carbocycles. The highest BCUT2D eigenvalue weighted by molar-refractivity contribution is 6.39. The van der Waals surface area contributed by atoms with Crippen LogP contribution in [0.4, 0.5) is 14.5 Å². The van der Waals surface area contributed by atoms with Gasteiger partial charge in [-0.25, -0.2) is 8.78 Å². The molecule has 2 rings (SSSR count). The van der Waals surface area contributed by atoms with Gasteiger partial charge in [0, 0.05) is 12.1 Å². The number of benzene rings is 1. The van der Waals surface area contributed by atoms with Crippen molar-refractivity contribution in [3.63, 3.8) is 0 Å². The number of hydrogen-bond acceptors (Lipinski definition) is 2. The van der Waals surface area contributed by atoms with Gasteiger partial charge in [0.2, 0.25) is 0 Å². The highest BCUT2D eigenvalue weighted by atomic mass is 19.1. The molecule has 1 aliphatic carbocycles. The molecule has 0 aliphatic heterocycles. The number of carbonyl (C=O) groups is 2. The average Bonchev–Trinajstić information content (AvgIpc) is 2.85. The van der Waals surface area contributed by atoms with Crippen LogP contribution in [-0.2, 0) is 9.59 Å². The summed E-state index contributed by atoms with van der Waals surface area (Å²) in [6, 6.07) is 2.74. The first-order valence-electron chi connectivity index (χ1n) is 6.13. The Morgan fingerprint density at radius 3 is 2.42 bits per heavy atom. The molecule has 0 radical (unpaired) electrons. The van der Waals surface area contributed by atoms with Crippen LogP contribution in [0.15, 0.2) is 18.2 Å². The van der Waals surface area contributed by atoms with Crippen molar-refractivity contribution in [3.05, 3.63) is 29.8 Å². The minimum absolute atomic E-state index is 0.0105. The normalized spacial score (nSPS) is 15.3. The van der Waals surface area contributed by atoms with E-state index in [1.54, 1.807) is 0 Å². The van der Waals surface area contributed by atoms with Gasteiger partial charge in [0.05, 0.1) is 5.69 Å². The van der Waals surface area contributed by atoms with Crippen molar-refractivity contribution in [2.24, 2.45) is 0 Å². The fourth-order valence-corrected chi connectivity index (χ4v) is 2.09. The molecule has 6 heteroatoms. The Morgan fingerprint density at radius 2 is 1.79 bits per heavy atom. The van der Waals surface area contributed by atoms with Crippen LogP contribution in [0.5, 0.6) is 0 Å². The largest absolute Gasteiger partial charge is 0.345 e. The molecule has 1 aliphatic rings. The van der Waals surface area contributed by atoms with Gasteiger partial charge in [-0.1, -0.05) is 12.8 Å². The molecule has 4 nitrogen and oxygen atoms in total. The molecular formula is C13H14F2N2O2. The molecule has 0 heterocycles. The van der Waals surface area contributed by atoms with Crippen LogP contribution in [0.3, 0.4) is 0 Å². The highest BCUT2D eigenvalue weighted by Gasteiger charge is 2.22. The van der Waals surface area contributed by atoms with E-state index in [-0.39, 0.29) is 11.7 Å². The maximum atomic E-state index is 13.3. The predicted molar refractivity (Wildman–Crippen MR) is 65.4 cm³/mol. The summed E-state index contributed by atoms with van der Waals surface area (Å²) < 4.78 is 26.0. The zero-order valence-electron chi connectivity index (χ0n) is 10.2. The number of nitrogens with one attached hydrogen (secondary N) is 2. The van der Waals surface area contributed by atoms with Crippen molar-refractivity contribution >= 4 is 17.5 Å². The Labute approximate surface area is 109 Å². The molecule has 0 atom stereocenters. The van der Waals surface area contributed by atoms with E-state index < -0.39 is 23.4 Å². The van der Waals surface area contributed by atoms with E-state index in [0.29, 0.717) is 6.07 Å². The van der Waals surface area contributed by atoms with Crippen molar-refractivity contribution in [1.82, 2.24) is 5.32 Å². The van der Waals surface area contributed by atoms with Crippen molar-refractivity contribution in [1.29, 1.82) is 0 Å². The van der Waals surface area contributed by atoms with Crippen LogP contribution in [0, 0.1) is 11.6 Å². The maximum Gasteiger partial charge on any atom is 0.313 e. The first-order chi connectivity index (χ1) is 9.06. The maximum absolute atomic E-state index is 13.3. The van der Waals surface area contributed by atoms with Gasteiger partial charge >= 0.3 is 11.8 Å². The second-order valence-electron chi connectivity index (χ2n) is 4.53. The Balaban J connectivity index is 1.94. The lowest BCUT2D eigenvalue weighted by Crippen LogP contribution is -2.40. The topological polar surface area (TPSA) is 58.2 Å². The van der Waals surface area contributed by atoms with E-state index in [1.165, 1.54) is 0 Å². The molecule has 1 aromatic carbocycles. The van der Waals surface area contributed by atoms with Crippen molar-refractivity contribution in [3.8, 4) is 0 Å². The molecule has 0 aromatic heterocycles. The zero-order valence-corrected chi connectivity index (χ0v) is 10.2. The third-order valence-electron chi connectivity index (χ3n) is 3.08. The molecule has 2 amide bonds. The first-order valence-corrected chi connectivity index (χ1v) is 6.13. The van der Waals surface area contributed by atoms with Gasteiger partial charge < -0.3 is 10.6 Å². The lowest BCUT2D eigenvalue weighted by Gasteiger charge is -2.11. The Hall–Kier alpha value is -1.98. The fourth-order valence-electron chi connectivity index (χ4n) is 2.09. The molecule has 102 valence electrons. The molecule has 1 fully saturated rings. The van der Waals surface area contributed by atoms with Crippen molar-refractivity contribution < 1.29 is 18.4 Å². The molecule has 19 heavy (non-hydrogen) atoms. The smallest absolute Gasteiger partial charge is 0.313 e. The summed E-state index contributed by atoms with van der Waals surface area (Å²) in [5, 5.41) is 4.70. The van der Waals surface area contributed by atoms with Gasteiger partial charge in [0.25, 0.3) is 0 Å². The summed E-state index contributed by atoms with van der Waals surface area (Å²) in [5.74, 6) is -3.40. The number of anilines is 1. The van der Waals surface area contributed by atoms with Crippen LogP contribution in [-0.4, -0.2) is 17.9 Å². The van der Waals surface area contributed by atoms with Gasteiger partial charge in [0.15, 0.2) is 0 Å². The molecular weight excluding hydrogens is 254 g/mol. The van der Waals surface area contributed by atoms with Crippen LogP contribution >= 0.6 is 0 Å². The Kier molecular flexibility index (Phi) is 4.09. The Bertz CT molecular complexity index is 499. The standard InChI is InChI=1S/C13H14F2N2O2/c14-8-5-6-11(10(15)7-8)17-13(19)12(18)16-9-3-1-2-4-9/h5-7,9H,1-4H2,(H,16,18)(H,17,19). The molecule has 0 spiro atoms. The summed E-state index contributed by atoms with van der Waals surface area (Å²) in [6.45, 7) is 0. The number of carbonyl (C=O) groups excluding carboxylic acids is 2. The highest BCUT2D eigenvalue weighted by Crippen LogP contribution is 2.18. The van der Waals surface area contributed by atoms with E-state index in [1.807, 2.05) is 0 Å². The van der Waals surface area contributed by atoms with Gasteiger partial charge in [-0.05, 0) is 25.0 Å². The van der Waals surface area contributed by atoms with E-state index in [9.17, 15) is 18.4 Å². The van der Waals surface area contributed by atoms with Crippen molar-refractivity contribution in [2.75, 3.05) is 5.32 Å². The lowest BCUT2D eigenvalue weighted by atomic mass is 10.2. The summed E-state index contributed by atoms with van der Waals surface area (Å²) in [5.41, 5.74) is -0.215. The second-order valence-corrected chi connectivity index (χ2v) is 4.53. The minimum atomic E-state index is -0.947. The van der Waals surface area contributed by atoms with E-state index >= 15 is 0 Å². The molecule has 0 saturated heterocycles. The lowest BCUT2D eigenvalue weighted by molar-refractivity contribution is -0.136. The number of amides is 2. The molecule has 0 unspecified atom stereocenters. The number of hydrogen-bond donors (Lipinski definition) is 2. The fraction of sp³-hybridized carbons (Fsp3) is 0.385. The van der Waals surface area contributed by atoms with Crippen LogP contribution in [0.25, 0.3) is 0 Å². The SMILES string of the molecule is O=C(Nc1ccc(F)cc1F)C(=O)NC1CCCC1. The summed E-state index contributed by atoms with van der Waals surface area (Å²) in [7, 11) is 0. The van der Waals surface area contributed by atoms with Gasteiger partial charge in [0.1, 0.15) is 11.6 Å². The van der Waals surface area contributed by atoms with Gasteiger partial charge in [-0.2, -0.15) is 0 Å². The molecule has 0 bridgehead atoms. The van der Waals surface area contributed by atoms with Crippen LogP contribution < -0.4 is 10.6 Å². The van der Waals surface area contributed by atoms with E-state index in [0.717, 1.165) is 37.8 Å². The quantitative estimate of drug-likeness (QED) is 0.806. The minimum Gasteiger partial charge on any atom is -0.345 e.